The molecule has 102 valence electrons. The molecule has 0 saturated carbocycles. The van der Waals surface area contributed by atoms with Crippen molar-refractivity contribution in [3.8, 4) is 0 Å². The molecule has 0 aliphatic rings. The highest BCUT2D eigenvalue weighted by molar-refractivity contribution is 7.93. The predicted octanol–water partition coefficient (Wildman–Crippen LogP) is 2.47. The number of nitrogens with zero attached hydrogens (tertiary/aromatic N) is 1. The van der Waals surface area contributed by atoms with Crippen LogP contribution in [0.5, 0.6) is 0 Å². The highest BCUT2D eigenvalue weighted by atomic mass is 35.5. The lowest BCUT2D eigenvalue weighted by atomic mass is 10.1. The zero-order valence-electron chi connectivity index (χ0n) is 10.7. The van der Waals surface area contributed by atoms with E-state index in [2.05, 4.69) is 23.5 Å². The fourth-order valence-corrected chi connectivity index (χ4v) is 2.39. The molecule has 1 N–H and O–H groups in total. The van der Waals surface area contributed by atoms with Crippen molar-refractivity contribution in [1.29, 1.82) is 0 Å². The molecule has 0 spiro atoms. The van der Waals surface area contributed by atoms with Gasteiger partial charge in [0.2, 0.25) is 10.0 Å². The van der Waals surface area contributed by atoms with E-state index in [4.69, 9.17) is 11.6 Å². The number of rotatable bonds is 7. The highest BCUT2D eigenvalue weighted by Gasteiger charge is 2.12. The van der Waals surface area contributed by atoms with Crippen LogP contribution in [0.4, 0.5) is 5.69 Å². The van der Waals surface area contributed by atoms with Gasteiger partial charge in [0.25, 0.3) is 0 Å². The molecule has 0 aliphatic carbocycles. The molecular formula is C12H19ClN2O2S. The van der Waals surface area contributed by atoms with E-state index in [0.717, 1.165) is 18.7 Å². The molecule has 0 aromatic heterocycles. The van der Waals surface area contributed by atoms with Crippen LogP contribution in [0, 0.1) is 0 Å². The van der Waals surface area contributed by atoms with Gasteiger partial charge in [0.15, 0.2) is 0 Å². The van der Waals surface area contributed by atoms with E-state index in [1.807, 2.05) is 12.1 Å². The Kier molecular flexibility index (Phi) is 5.91. The molecule has 18 heavy (non-hydrogen) atoms. The first-order valence-electron chi connectivity index (χ1n) is 5.89. The van der Waals surface area contributed by atoms with Crippen LogP contribution >= 0.6 is 11.6 Å². The standard InChI is InChI=1S/C12H19ClN2O2S/c1-3-15(4-2)9-11-7-5-6-8-12(11)14-18(16,17)10-13/h5-8,14H,3-4,9-10H2,1-2H3. The van der Waals surface area contributed by atoms with E-state index in [9.17, 15) is 8.42 Å². The van der Waals surface area contributed by atoms with E-state index in [0.29, 0.717) is 12.2 Å². The van der Waals surface area contributed by atoms with Crippen LogP contribution in [-0.2, 0) is 16.6 Å². The molecule has 0 bridgehead atoms. The van der Waals surface area contributed by atoms with Crippen LogP contribution in [0.15, 0.2) is 24.3 Å². The number of para-hydroxylation sites is 1. The first-order chi connectivity index (χ1) is 8.52. The van der Waals surface area contributed by atoms with Gasteiger partial charge in [-0.05, 0) is 24.7 Å². The summed E-state index contributed by atoms with van der Waals surface area (Å²) in [6, 6.07) is 7.38. The Morgan fingerprint density at radius 2 is 1.83 bits per heavy atom. The molecule has 0 saturated heterocycles. The van der Waals surface area contributed by atoms with Crippen molar-refractivity contribution >= 4 is 27.3 Å². The average Bonchev–Trinajstić information content (AvgIpc) is 2.37. The Balaban J connectivity index is 2.92. The molecule has 0 unspecified atom stereocenters. The van der Waals surface area contributed by atoms with Crippen LogP contribution in [0.3, 0.4) is 0 Å². The van der Waals surface area contributed by atoms with Gasteiger partial charge in [-0.3, -0.25) is 9.62 Å². The summed E-state index contributed by atoms with van der Waals surface area (Å²) in [6.07, 6.45) is 0. The van der Waals surface area contributed by atoms with Gasteiger partial charge in [0.1, 0.15) is 5.21 Å². The minimum absolute atomic E-state index is 0.438. The quantitative estimate of drug-likeness (QED) is 0.785. The van der Waals surface area contributed by atoms with E-state index in [-0.39, 0.29) is 0 Å². The predicted molar refractivity (Wildman–Crippen MR) is 76.3 cm³/mol. The third kappa shape index (κ3) is 4.48. The summed E-state index contributed by atoms with van der Waals surface area (Å²) in [4.78, 5) is 2.22. The summed E-state index contributed by atoms with van der Waals surface area (Å²) in [5.74, 6) is 0. The highest BCUT2D eigenvalue weighted by Crippen LogP contribution is 2.18. The Bertz CT molecular complexity index is 473. The Morgan fingerprint density at radius 3 is 2.39 bits per heavy atom. The second kappa shape index (κ2) is 6.97. The van der Waals surface area contributed by atoms with E-state index in [1.165, 1.54) is 0 Å². The summed E-state index contributed by atoms with van der Waals surface area (Å²) >= 11 is 5.39. The third-order valence-corrected chi connectivity index (χ3v) is 4.39. The molecule has 0 aliphatic heterocycles. The molecule has 1 aromatic carbocycles. The largest absolute Gasteiger partial charge is 0.300 e. The number of benzene rings is 1. The zero-order valence-corrected chi connectivity index (χ0v) is 12.3. The summed E-state index contributed by atoms with van der Waals surface area (Å²) in [6.45, 7) is 6.72. The number of anilines is 1. The van der Waals surface area contributed by atoms with E-state index >= 15 is 0 Å². The Morgan fingerprint density at radius 1 is 1.22 bits per heavy atom. The minimum atomic E-state index is -3.45. The van der Waals surface area contributed by atoms with Crippen molar-refractivity contribution in [1.82, 2.24) is 4.90 Å². The van der Waals surface area contributed by atoms with Gasteiger partial charge >= 0.3 is 0 Å². The first-order valence-corrected chi connectivity index (χ1v) is 8.07. The van der Waals surface area contributed by atoms with Gasteiger partial charge in [-0.25, -0.2) is 8.42 Å². The maximum Gasteiger partial charge on any atom is 0.246 e. The van der Waals surface area contributed by atoms with Gasteiger partial charge in [-0.15, -0.1) is 11.6 Å². The molecule has 6 heteroatoms. The van der Waals surface area contributed by atoms with Gasteiger partial charge < -0.3 is 0 Å². The van der Waals surface area contributed by atoms with Crippen molar-refractivity contribution in [3.05, 3.63) is 29.8 Å². The fraction of sp³-hybridized carbons (Fsp3) is 0.500. The number of sulfonamides is 1. The number of alkyl halides is 1. The zero-order chi connectivity index (χ0) is 13.6. The van der Waals surface area contributed by atoms with Crippen molar-refractivity contribution in [2.24, 2.45) is 0 Å². The molecule has 1 rings (SSSR count). The monoisotopic (exact) mass is 290 g/mol. The lowest BCUT2D eigenvalue weighted by Gasteiger charge is -2.20. The average molecular weight is 291 g/mol. The van der Waals surface area contributed by atoms with Gasteiger partial charge in [-0.2, -0.15) is 0 Å². The van der Waals surface area contributed by atoms with Crippen molar-refractivity contribution in [2.45, 2.75) is 20.4 Å². The second-order valence-electron chi connectivity index (χ2n) is 3.94. The molecule has 1 aromatic rings. The van der Waals surface area contributed by atoms with Crippen molar-refractivity contribution < 1.29 is 8.42 Å². The lowest BCUT2D eigenvalue weighted by Crippen LogP contribution is -2.23. The molecule has 0 fully saturated rings. The van der Waals surface area contributed by atoms with Gasteiger partial charge in [-0.1, -0.05) is 32.0 Å². The van der Waals surface area contributed by atoms with Crippen LogP contribution in [0.25, 0.3) is 0 Å². The molecule has 0 heterocycles. The number of halogens is 1. The molecule has 0 atom stereocenters. The van der Waals surface area contributed by atoms with Gasteiger partial charge in [0, 0.05) is 6.54 Å². The molecule has 0 radical (unpaired) electrons. The SMILES string of the molecule is CCN(CC)Cc1ccccc1NS(=O)(=O)CCl. The smallest absolute Gasteiger partial charge is 0.246 e. The maximum absolute atomic E-state index is 11.5. The summed E-state index contributed by atoms with van der Waals surface area (Å²) < 4.78 is 25.5. The first kappa shape index (κ1) is 15.3. The summed E-state index contributed by atoms with van der Waals surface area (Å²) in [7, 11) is -3.45. The van der Waals surface area contributed by atoms with Crippen molar-refractivity contribution in [2.75, 3.05) is 23.0 Å². The minimum Gasteiger partial charge on any atom is -0.300 e. The lowest BCUT2D eigenvalue weighted by molar-refractivity contribution is 0.296. The molecule has 0 amide bonds. The molecular weight excluding hydrogens is 272 g/mol. The van der Waals surface area contributed by atoms with Crippen LogP contribution in [-0.4, -0.2) is 31.6 Å². The second-order valence-corrected chi connectivity index (χ2v) is 6.25. The number of nitrogens with one attached hydrogen (secondary N) is 1. The molecule has 4 nitrogen and oxygen atoms in total. The maximum atomic E-state index is 11.5. The normalized spacial score (nSPS) is 11.8. The van der Waals surface area contributed by atoms with Crippen LogP contribution in [0.2, 0.25) is 0 Å². The topological polar surface area (TPSA) is 49.4 Å². The van der Waals surface area contributed by atoms with E-state index < -0.39 is 15.2 Å². The van der Waals surface area contributed by atoms with E-state index in [1.54, 1.807) is 12.1 Å². The number of hydrogen-bond acceptors (Lipinski definition) is 3. The summed E-state index contributed by atoms with van der Waals surface area (Å²) in [5, 5.41) is -0.438. The van der Waals surface area contributed by atoms with Crippen LogP contribution < -0.4 is 4.72 Å². The fourth-order valence-electron chi connectivity index (χ4n) is 1.64. The Labute approximate surface area is 114 Å². The Hall–Kier alpha value is -0.780. The van der Waals surface area contributed by atoms with Gasteiger partial charge in [0.05, 0.1) is 5.69 Å². The number of hydrogen-bond donors (Lipinski definition) is 1. The van der Waals surface area contributed by atoms with Crippen molar-refractivity contribution in [3.63, 3.8) is 0 Å². The summed E-state index contributed by atoms with van der Waals surface area (Å²) in [5.41, 5.74) is 1.56. The van der Waals surface area contributed by atoms with Crippen LogP contribution in [0.1, 0.15) is 19.4 Å². The third-order valence-electron chi connectivity index (χ3n) is 2.71.